The van der Waals surface area contributed by atoms with E-state index in [4.69, 9.17) is 5.26 Å². The van der Waals surface area contributed by atoms with Gasteiger partial charge in [0.15, 0.2) is 0 Å². The van der Waals surface area contributed by atoms with Gasteiger partial charge >= 0.3 is 0 Å². The highest BCUT2D eigenvalue weighted by atomic mass is 16.2. The quantitative estimate of drug-likeness (QED) is 0.919. The molecular formula is C16H21N3O. The Kier molecular flexibility index (Phi) is 4.75. The van der Waals surface area contributed by atoms with E-state index < -0.39 is 0 Å². The number of likely N-dealkylation sites (tertiary alicyclic amines) is 1. The van der Waals surface area contributed by atoms with Crippen molar-refractivity contribution in [2.45, 2.75) is 45.2 Å². The predicted molar refractivity (Wildman–Crippen MR) is 79.3 cm³/mol. The topological polar surface area (TPSA) is 56.1 Å². The molecule has 0 aromatic heterocycles. The molecule has 20 heavy (non-hydrogen) atoms. The van der Waals surface area contributed by atoms with E-state index in [0.717, 1.165) is 12.8 Å². The van der Waals surface area contributed by atoms with Crippen molar-refractivity contribution in [1.82, 2.24) is 4.90 Å². The number of piperidine rings is 1. The number of nitrogens with zero attached hydrogens (tertiary/aromatic N) is 2. The summed E-state index contributed by atoms with van der Waals surface area (Å²) in [5.74, 6) is -0.0479. The summed E-state index contributed by atoms with van der Waals surface area (Å²) >= 11 is 0. The molecule has 1 aliphatic rings. The molecule has 0 saturated carbocycles. The molecule has 106 valence electrons. The van der Waals surface area contributed by atoms with E-state index in [1.807, 2.05) is 6.07 Å². The standard InChI is InChI=1S/C16H21N3O/c1-12-6-5-7-13(2)19(12)11-16(20)18-15-9-4-3-8-14(15)10-17/h3-4,8-9,12-13H,5-7,11H2,1-2H3,(H,18,20). The third kappa shape index (κ3) is 3.37. The first-order valence-electron chi connectivity index (χ1n) is 7.16. The Labute approximate surface area is 120 Å². The molecule has 4 heteroatoms. The molecule has 1 aromatic carbocycles. The van der Waals surface area contributed by atoms with Crippen LogP contribution in [0.2, 0.25) is 0 Å². The van der Waals surface area contributed by atoms with Crippen LogP contribution < -0.4 is 5.32 Å². The highest BCUT2D eigenvalue weighted by Gasteiger charge is 2.26. The maximum atomic E-state index is 12.2. The average Bonchev–Trinajstić information content (AvgIpc) is 2.44. The summed E-state index contributed by atoms with van der Waals surface area (Å²) in [6.07, 6.45) is 3.52. The van der Waals surface area contributed by atoms with Crippen LogP contribution in [0.3, 0.4) is 0 Å². The van der Waals surface area contributed by atoms with Gasteiger partial charge < -0.3 is 5.32 Å². The van der Waals surface area contributed by atoms with Crippen LogP contribution >= 0.6 is 0 Å². The normalized spacial score (nSPS) is 23.1. The molecule has 0 aliphatic carbocycles. The van der Waals surface area contributed by atoms with Crippen LogP contribution in [0.1, 0.15) is 38.7 Å². The molecular weight excluding hydrogens is 250 g/mol. The highest BCUT2D eigenvalue weighted by molar-refractivity contribution is 5.93. The second kappa shape index (κ2) is 6.53. The van der Waals surface area contributed by atoms with Crippen LogP contribution in [0.25, 0.3) is 0 Å². The number of anilines is 1. The summed E-state index contributed by atoms with van der Waals surface area (Å²) in [6, 6.07) is 10.1. The molecule has 1 N–H and O–H groups in total. The number of nitriles is 1. The number of para-hydroxylation sites is 1. The number of hydrogen-bond acceptors (Lipinski definition) is 3. The zero-order valence-electron chi connectivity index (χ0n) is 12.1. The van der Waals surface area contributed by atoms with E-state index in [9.17, 15) is 4.79 Å². The molecule has 1 heterocycles. The smallest absolute Gasteiger partial charge is 0.238 e. The van der Waals surface area contributed by atoms with Crippen LogP contribution in [-0.4, -0.2) is 29.4 Å². The van der Waals surface area contributed by atoms with Gasteiger partial charge in [-0.15, -0.1) is 0 Å². The van der Waals surface area contributed by atoms with E-state index in [-0.39, 0.29) is 5.91 Å². The fourth-order valence-electron chi connectivity index (χ4n) is 2.83. The fourth-order valence-corrected chi connectivity index (χ4v) is 2.83. The second-order valence-corrected chi connectivity index (χ2v) is 5.51. The molecule has 0 radical (unpaired) electrons. The molecule has 1 aromatic rings. The molecule has 2 unspecified atom stereocenters. The number of amides is 1. The molecule has 2 rings (SSSR count). The second-order valence-electron chi connectivity index (χ2n) is 5.51. The summed E-state index contributed by atoms with van der Waals surface area (Å²) in [4.78, 5) is 14.4. The van der Waals surface area contributed by atoms with E-state index in [1.165, 1.54) is 6.42 Å². The van der Waals surface area contributed by atoms with Crippen LogP contribution in [0.5, 0.6) is 0 Å². The lowest BCUT2D eigenvalue weighted by atomic mass is 9.97. The van der Waals surface area contributed by atoms with E-state index in [0.29, 0.717) is 29.9 Å². The Morgan fingerprint density at radius 2 is 2.00 bits per heavy atom. The SMILES string of the molecule is CC1CCCC(C)N1CC(=O)Nc1ccccc1C#N. The van der Waals surface area contributed by atoms with Gasteiger partial charge in [-0.25, -0.2) is 0 Å². The van der Waals surface area contributed by atoms with Crippen LogP contribution in [0.4, 0.5) is 5.69 Å². The van der Waals surface area contributed by atoms with Gasteiger partial charge in [0.1, 0.15) is 6.07 Å². The van der Waals surface area contributed by atoms with E-state index >= 15 is 0 Å². The maximum Gasteiger partial charge on any atom is 0.238 e. The van der Waals surface area contributed by atoms with Crippen LogP contribution in [-0.2, 0) is 4.79 Å². The third-order valence-corrected chi connectivity index (χ3v) is 4.02. The first kappa shape index (κ1) is 14.5. The zero-order chi connectivity index (χ0) is 14.5. The molecule has 4 nitrogen and oxygen atoms in total. The highest BCUT2D eigenvalue weighted by Crippen LogP contribution is 2.22. The van der Waals surface area contributed by atoms with Crippen molar-refractivity contribution in [3.63, 3.8) is 0 Å². The molecule has 1 aliphatic heterocycles. The van der Waals surface area contributed by atoms with Crippen molar-refractivity contribution >= 4 is 11.6 Å². The van der Waals surface area contributed by atoms with Gasteiger partial charge in [-0.05, 0) is 38.8 Å². The molecule has 2 atom stereocenters. The summed E-state index contributed by atoms with van der Waals surface area (Å²) in [5.41, 5.74) is 1.10. The third-order valence-electron chi connectivity index (χ3n) is 4.02. The predicted octanol–water partition coefficient (Wildman–Crippen LogP) is 2.76. The lowest BCUT2D eigenvalue weighted by Gasteiger charge is -2.38. The Hall–Kier alpha value is -1.86. The average molecular weight is 271 g/mol. The number of nitrogens with one attached hydrogen (secondary N) is 1. The van der Waals surface area contributed by atoms with Gasteiger partial charge in [-0.3, -0.25) is 9.69 Å². The Morgan fingerprint density at radius 1 is 1.35 bits per heavy atom. The van der Waals surface area contributed by atoms with E-state index in [1.54, 1.807) is 18.2 Å². The van der Waals surface area contributed by atoms with Crippen LogP contribution in [0, 0.1) is 11.3 Å². The van der Waals surface area contributed by atoms with Gasteiger partial charge in [0, 0.05) is 12.1 Å². The summed E-state index contributed by atoms with van der Waals surface area (Å²) in [6.45, 7) is 4.74. The number of benzene rings is 1. The maximum absolute atomic E-state index is 12.2. The summed E-state index contributed by atoms with van der Waals surface area (Å²) < 4.78 is 0. The van der Waals surface area contributed by atoms with Gasteiger partial charge in [-0.2, -0.15) is 5.26 Å². The molecule has 1 saturated heterocycles. The van der Waals surface area contributed by atoms with Gasteiger partial charge in [0.25, 0.3) is 0 Å². The van der Waals surface area contributed by atoms with Crippen molar-refractivity contribution in [1.29, 1.82) is 5.26 Å². The Balaban J connectivity index is 2.00. The van der Waals surface area contributed by atoms with Crippen molar-refractivity contribution in [2.75, 3.05) is 11.9 Å². The van der Waals surface area contributed by atoms with Crippen molar-refractivity contribution in [2.24, 2.45) is 0 Å². The van der Waals surface area contributed by atoms with E-state index in [2.05, 4.69) is 30.1 Å². The Morgan fingerprint density at radius 3 is 2.65 bits per heavy atom. The van der Waals surface area contributed by atoms with Crippen LogP contribution in [0.15, 0.2) is 24.3 Å². The molecule has 1 fully saturated rings. The minimum Gasteiger partial charge on any atom is -0.324 e. The minimum absolute atomic E-state index is 0.0479. The number of carbonyl (C=O) groups excluding carboxylic acids is 1. The summed E-state index contributed by atoms with van der Waals surface area (Å²) in [5, 5.41) is 11.9. The number of hydrogen-bond donors (Lipinski definition) is 1. The van der Waals surface area contributed by atoms with Gasteiger partial charge in [0.2, 0.25) is 5.91 Å². The zero-order valence-corrected chi connectivity index (χ0v) is 12.1. The van der Waals surface area contributed by atoms with Gasteiger partial charge in [-0.1, -0.05) is 18.6 Å². The Bertz CT molecular complexity index is 511. The molecule has 1 amide bonds. The van der Waals surface area contributed by atoms with Gasteiger partial charge in [0.05, 0.1) is 17.8 Å². The lowest BCUT2D eigenvalue weighted by Crippen LogP contribution is -2.47. The van der Waals surface area contributed by atoms with Crippen molar-refractivity contribution < 1.29 is 4.79 Å². The monoisotopic (exact) mass is 271 g/mol. The molecule has 0 bridgehead atoms. The largest absolute Gasteiger partial charge is 0.324 e. The first-order chi connectivity index (χ1) is 9.61. The lowest BCUT2D eigenvalue weighted by molar-refractivity contribution is -0.118. The number of carbonyl (C=O) groups is 1. The number of rotatable bonds is 3. The minimum atomic E-state index is -0.0479. The molecule has 0 spiro atoms. The van der Waals surface area contributed by atoms with Crippen molar-refractivity contribution in [3.05, 3.63) is 29.8 Å². The fraction of sp³-hybridized carbons (Fsp3) is 0.500. The van der Waals surface area contributed by atoms with Crippen molar-refractivity contribution in [3.8, 4) is 6.07 Å². The summed E-state index contributed by atoms with van der Waals surface area (Å²) in [7, 11) is 0. The first-order valence-corrected chi connectivity index (χ1v) is 7.16.